The number of benzene rings is 1. The second kappa shape index (κ2) is 5.69. The maximum absolute atomic E-state index is 5.14. The molecule has 0 fully saturated rings. The Morgan fingerprint density at radius 2 is 1.79 bits per heavy atom. The van der Waals surface area contributed by atoms with Gasteiger partial charge in [0.15, 0.2) is 0 Å². The summed E-state index contributed by atoms with van der Waals surface area (Å²) in [5.74, 6) is 1.66. The Labute approximate surface area is 87.1 Å². The minimum atomic E-state index is 0.714. The summed E-state index contributed by atoms with van der Waals surface area (Å²) in [5, 5.41) is 0. The Morgan fingerprint density at radius 1 is 1.14 bits per heavy atom. The summed E-state index contributed by atoms with van der Waals surface area (Å²) < 4.78 is 5.14. The molecule has 0 bridgehead atoms. The largest absolute Gasteiger partial charge is 0.497 e. The first-order valence-corrected chi connectivity index (χ1v) is 5.45. The van der Waals surface area contributed by atoms with Crippen molar-refractivity contribution in [2.24, 2.45) is 0 Å². The average Bonchev–Trinajstić information content (AvgIpc) is 2.26. The lowest BCUT2D eigenvalue weighted by atomic mass is 9.92. The SMILES string of the molecule is CCCC(CC)c1ccc(OC)cc1. The van der Waals surface area contributed by atoms with Gasteiger partial charge >= 0.3 is 0 Å². The van der Waals surface area contributed by atoms with Crippen molar-refractivity contribution in [3.8, 4) is 5.75 Å². The van der Waals surface area contributed by atoms with Crippen molar-refractivity contribution in [3.63, 3.8) is 0 Å². The number of ether oxygens (including phenoxy) is 1. The van der Waals surface area contributed by atoms with Gasteiger partial charge in [0, 0.05) is 0 Å². The molecule has 1 aromatic carbocycles. The minimum Gasteiger partial charge on any atom is -0.497 e. The van der Waals surface area contributed by atoms with Crippen molar-refractivity contribution in [2.45, 2.75) is 39.0 Å². The first-order valence-electron chi connectivity index (χ1n) is 5.45. The van der Waals surface area contributed by atoms with Gasteiger partial charge in [-0.3, -0.25) is 0 Å². The molecule has 0 radical (unpaired) electrons. The van der Waals surface area contributed by atoms with Gasteiger partial charge in [-0.15, -0.1) is 0 Å². The highest BCUT2D eigenvalue weighted by Crippen LogP contribution is 2.26. The van der Waals surface area contributed by atoms with Crippen molar-refractivity contribution < 1.29 is 4.74 Å². The van der Waals surface area contributed by atoms with Crippen LogP contribution in [0.2, 0.25) is 0 Å². The van der Waals surface area contributed by atoms with E-state index in [-0.39, 0.29) is 0 Å². The van der Waals surface area contributed by atoms with Crippen LogP contribution in [0.15, 0.2) is 24.3 Å². The quantitative estimate of drug-likeness (QED) is 0.685. The molecule has 0 spiro atoms. The smallest absolute Gasteiger partial charge is 0.118 e. The Morgan fingerprint density at radius 3 is 2.21 bits per heavy atom. The van der Waals surface area contributed by atoms with E-state index in [0.717, 1.165) is 5.75 Å². The number of methoxy groups -OCH3 is 1. The van der Waals surface area contributed by atoms with Crippen LogP contribution in [0.25, 0.3) is 0 Å². The zero-order valence-electron chi connectivity index (χ0n) is 9.42. The molecule has 1 nitrogen and oxygen atoms in total. The second-order valence-corrected chi connectivity index (χ2v) is 3.67. The molecule has 1 unspecified atom stereocenters. The molecular weight excluding hydrogens is 172 g/mol. The Hall–Kier alpha value is -0.980. The van der Waals surface area contributed by atoms with E-state index in [4.69, 9.17) is 4.74 Å². The van der Waals surface area contributed by atoms with Gasteiger partial charge in [0.2, 0.25) is 0 Å². The van der Waals surface area contributed by atoms with E-state index < -0.39 is 0 Å². The molecule has 1 atom stereocenters. The van der Waals surface area contributed by atoms with Gasteiger partial charge in [0.25, 0.3) is 0 Å². The topological polar surface area (TPSA) is 9.23 Å². The zero-order valence-corrected chi connectivity index (χ0v) is 9.42. The average molecular weight is 192 g/mol. The van der Waals surface area contributed by atoms with Crippen LogP contribution in [0.5, 0.6) is 5.75 Å². The number of rotatable bonds is 5. The van der Waals surface area contributed by atoms with Crippen molar-refractivity contribution >= 4 is 0 Å². The lowest BCUT2D eigenvalue weighted by molar-refractivity contribution is 0.414. The highest BCUT2D eigenvalue weighted by Gasteiger charge is 2.07. The van der Waals surface area contributed by atoms with E-state index >= 15 is 0 Å². The summed E-state index contributed by atoms with van der Waals surface area (Å²) in [6, 6.07) is 8.46. The Balaban J connectivity index is 2.73. The summed E-state index contributed by atoms with van der Waals surface area (Å²) in [6.07, 6.45) is 3.76. The van der Waals surface area contributed by atoms with Crippen LogP contribution >= 0.6 is 0 Å². The molecular formula is C13H20O. The standard InChI is InChI=1S/C13H20O/c1-4-6-11(5-2)12-7-9-13(14-3)10-8-12/h7-11H,4-6H2,1-3H3. The van der Waals surface area contributed by atoms with Gasteiger partial charge in [-0.05, 0) is 36.5 Å². The molecule has 0 aliphatic heterocycles. The Bertz CT molecular complexity index is 250. The first-order chi connectivity index (χ1) is 6.81. The predicted molar refractivity (Wildman–Crippen MR) is 60.9 cm³/mol. The highest BCUT2D eigenvalue weighted by atomic mass is 16.5. The van der Waals surface area contributed by atoms with Crippen LogP contribution in [0.4, 0.5) is 0 Å². The van der Waals surface area contributed by atoms with Crippen LogP contribution in [0.3, 0.4) is 0 Å². The molecule has 0 saturated carbocycles. The summed E-state index contributed by atoms with van der Waals surface area (Å²) in [6.45, 7) is 4.50. The van der Waals surface area contributed by atoms with E-state index in [2.05, 4.69) is 26.0 Å². The predicted octanol–water partition coefficient (Wildman–Crippen LogP) is 3.99. The van der Waals surface area contributed by atoms with Gasteiger partial charge < -0.3 is 4.74 Å². The number of hydrogen-bond acceptors (Lipinski definition) is 1. The van der Waals surface area contributed by atoms with Crippen LogP contribution < -0.4 is 4.74 Å². The third-order valence-electron chi connectivity index (χ3n) is 2.72. The molecule has 0 aliphatic rings. The maximum atomic E-state index is 5.14. The van der Waals surface area contributed by atoms with E-state index in [1.807, 2.05) is 12.1 Å². The van der Waals surface area contributed by atoms with Crippen molar-refractivity contribution in [1.82, 2.24) is 0 Å². The van der Waals surface area contributed by atoms with Gasteiger partial charge in [0.05, 0.1) is 7.11 Å². The van der Waals surface area contributed by atoms with E-state index in [0.29, 0.717) is 5.92 Å². The third kappa shape index (κ3) is 2.76. The van der Waals surface area contributed by atoms with Crippen molar-refractivity contribution in [1.29, 1.82) is 0 Å². The molecule has 1 rings (SSSR count). The van der Waals surface area contributed by atoms with Gasteiger partial charge in [-0.2, -0.15) is 0 Å². The van der Waals surface area contributed by atoms with Crippen LogP contribution in [-0.4, -0.2) is 7.11 Å². The van der Waals surface area contributed by atoms with Gasteiger partial charge in [-0.1, -0.05) is 32.4 Å². The first kappa shape index (κ1) is 11.1. The number of hydrogen-bond donors (Lipinski definition) is 0. The summed E-state index contributed by atoms with van der Waals surface area (Å²) in [7, 11) is 1.71. The lowest BCUT2D eigenvalue weighted by Crippen LogP contribution is -1.96. The van der Waals surface area contributed by atoms with E-state index in [1.165, 1.54) is 24.8 Å². The molecule has 0 amide bonds. The second-order valence-electron chi connectivity index (χ2n) is 3.67. The highest BCUT2D eigenvalue weighted by molar-refractivity contribution is 5.29. The third-order valence-corrected chi connectivity index (χ3v) is 2.72. The summed E-state index contributed by atoms with van der Waals surface area (Å²) >= 11 is 0. The lowest BCUT2D eigenvalue weighted by Gasteiger charge is -2.14. The molecule has 0 saturated heterocycles. The molecule has 0 heterocycles. The van der Waals surface area contributed by atoms with Crippen LogP contribution in [-0.2, 0) is 0 Å². The summed E-state index contributed by atoms with van der Waals surface area (Å²) in [4.78, 5) is 0. The Kier molecular flexibility index (Phi) is 4.51. The van der Waals surface area contributed by atoms with Gasteiger partial charge in [-0.25, -0.2) is 0 Å². The van der Waals surface area contributed by atoms with E-state index in [1.54, 1.807) is 7.11 Å². The van der Waals surface area contributed by atoms with Crippen LogP contribution in [0.1, 0.15) is 44.6 Å². The maximum Gasteiger partial charge on any atom is 0.118 e. The molecule has 1 aromatic rings. The van der Waals surface area contributed by atoms with Crippen molar-refractivity contribution in [2.75, 3.05) is 7.11 Å². The fourth-order valence-corrected chi connectivity index (χ4v) is 1.83. The molecule has 0 aromatic heterocycles. The van der Waals surface area contributed by atoms with E-state index in [9.17, 15) is 0 Å². The van der Waals surface area contributed by atoms with Crippen LogP contribution in [0, 0.1) is 0 Å². The van der Waals surface area contributed by atoms with Crippen molar-refractivity contribution in [3.05, 3.63) is 29.8 Å². The minimum absolute atomic E-state index is 0.714. The molecule has 14 heavy (non-hydrogen) atoms. The monoisotopic (exact) mass is 192 g/mol. The van der Waals surface area contributed by atoms with Gasteiger partial charge in [0.1, 0.15) is 5.75 Å². The summed E-state index contributed by atoms with van der Waals surface area (Å²) in [5.41, 5.74) is 1.44. The zero-order chi connectivity index (χ0) is 10.4. The molecule has 78 valence electrons. The molecule has 0 N–H and O–H groups in total. The fraction of sp³-hybridized carbons (Fsp3) is 0.538. The molecule has 0 aliphatic carbocycles. The normalized spacial score (nSPS) is 12.5. The fourth-order valence-electron chi connectivity index (χ4n) is 1.83. The molecule has 1 heteroatoms.